The Bertz CT molecular complexity index is 812. The number of imidazole rings is 1. The first kappa shape index (κ1) is 16.5. The molecule has 0 saturated heterocycles. The zero-order chi connectivity index (χ0) is 17.1. The van der Waals surface area contributed by atoms with Crippen LogP contribution in [-0.2, 0) is 24.4 Å². The number of methoxy groups -OCH3 is 1. The lowest BCUT2D eigenvalue weighted by atomic mass is 9.89. The average molecular weight is 353 g/mol. The average Bonchev–Trinajstić information content (AvgIpc) is 3.31. The minimum Gasteiger partial charge on any atom is -0.383 e. The van der Waals surface area contributed by atoms with Gasteiger partial charge in [-0.05, 0) is 33.5 Å². The van der Waals surface area contributed by atoms with Gasteiger partial charge in [0, 0.05) is 45.7 Å². The van der Waals surface area contributed by atoms with E-state index in [1.165, 1.54) is 16.7 Å². The Morgan fingerprint density at radius 2 is 2.20 bits per heavy atom. The summed E-state index contributed by atoms with van der Waals surface area (Å²) in [6.07, 6.45) is 3.97. The number of aromatic nitrogens is 2. The van der Waals surface area contributed by atoms with Gasteiger partial charge >= 0.3 is 0 Å². The van der Waals surface area contributed by atoms with Crippen molar-refractivity contribution in [2.45, 2.75) is 25.6 Å². The lowest BCUT2D eigenvalue weighted by Gasteiger charge is -2.34. The molecule has 1 aliphatic heterocycles. The summed E-state index contributed by atoms with van der Waals surface area (Å²) in [5, 5.41) is 4.40. The normalized spacial score (nSPS) is 17.6. The van der Waals surface area contributed by atoms with Crippen LogP contribution in [0.2, 0.25) is 0 Å². The second-order valence-corrected chi connectivity index (χ2v) is 7.30. The monoisotopic (exact) mass is 353 g/mol. The van der Waals surface area contributed by atoms with E-state index in [4.69, 9.17) is 9.72 Å². The fraction of sp³-hybridized carbons (Fsp3) is 0.350. The molecule has 0 saturated carbocycles. The van der Waals surface area contributed by atoms with Gasteiger partial charge in [-0.25, -0.2) is 4.98 Å². The second kappa shape index (κ2) is 7.52. The third kappa shape index (κ3) is 3.54. The van der Waals surface area contributed by atoms with Crippen molar-refractivity contribution in [3.63, 3.8) is 0 Å². The van der Waals surface area contributed by atoms with E-state index in [0.717, 1.165) is 32.0 Å². The Morgan fingerprint density at radius 3 is 3.04 bits per heavy atom. The largest absolute Gasteiger partial charge is 0.383 e. The van der Waals surface area contributed by atoms with E-state index in [1.54, 1.807) is 18.4 Å². The minimum atomic E-state index is 0.301. The first-order valence-electron chi connectivity index (χ1n) is 8.66. The van der Waals surface area contributed by atoms with Gasteiger partial charge in [-0.15, -0.1) is 0 Å². The lowest BCUT2D eigenvalue weighted by Crippen LogP contribution is -2.34. The molecule has 1 atom stereocenters. The lowest BCUT2D eigenvalue weighted by molar-refractivity contribution is 0.184. The molecule has 0 bridgehead atoms. The SMILES string of the molecule is COCCn1ccnc1C1CN(Cc2ccsc2)Cc2ccccc21. The number of hydrogen-bond donors (Lipinski definition) is 0. The highest BCUT2D eigenvalue weighted by molar-refractivity contribution is 7.07. The van der Waals surface area contributed by atoms with E-state index in [-0.39, 0.29) is 0 Å². The molecule has 0 aliphatic carbocycles. The van der Waals surface area contributed by atoms with Crippen molar-refractivity contribution in [3.8, 4) is 0 Å². The van der Waals surface area contributed by atoms with E-state index in [2.05, 4.69) is 56.8 Å². The van der Waals surface area contributed by atoms with Crippen molar-refractivity contribution in [1.82, 2.24) is 14.5 Å². The number of ether oxygens (including phenoxy) is 1. The maximum absolute atomic E-state index is 5.26. The maximum atomic E-state index is 5.26. The first-order chi connectivity index (χ1) is 12.3. The highest BCUT2D eigenvalue weighted by Crippen LogP contribution is 2.33. The Labute approximate surface area is 152 Å². The molecule has 5 heteroatoms. The van der Waals surface area contributed by atoms with E-state index >= 15 is 0 Å². The first-order valence-corrected chi connectivity index (χ1v) is 9.60. The standard InChI is InChI=1S/C20H23N3OS/c1-24-10-9-23-8-7-21-20(23)19-14-22(12-16-6-11-25-15-16)13-17-4-2-3-5-18(17)19/h2-8,11,15,19H,9-10,12-14H2,1H3. The summed E-state index contributed by atoms with van der Waals surface area (Å²) in [7, 11) is 1.75. The Kier molecular flexibility index (Phi) is 4.97. The van der Waals surface area contributed by atoms with Crippen LogP contribution in [0.1, 0.15) is 28.4 Å². The molecule has 0 radical (unpaired) electrons. The van der Waals surface area contributed by atoms with Crippen LogP contribution in [0, 0.1) is 0 Å². The van der Waals surface area contributed by atoms with Crippen molar-refractivity contribution < 1.29 is 4.74 Å². The Balaban J connectivity index is 1.64. The molecule has 4 rings (SSSR count). The molecule has 1 unspecified atom stereocenters. The topological polar surface area (TPSA) is 30.3 Å². The third-order valence-corrected chi connectivity index (χ3v) is 5.58. The van der Waals surface area contributed by atoms with Crippen molar-refractivity contribution in [1.29, 1.82) is 0 Å². The summed E-state index contributed by atoms with van der Waals surface area (Å²) in [5.74, 6) is 1.44. The van der Waals surface area contributed by atoms with Gasteiger partial charge in [0.25, 0.3) is 0 Å². The molecular formula is C20H23N3OS. The van der Waals surface area contributed by atoms with Crippen LogP contribution in [0.15, 0.2) is 53.5 Å². The number of nitrogens with zero attached hydrogens (tertiary/aromatic N) is 3. The van der Waals surface area contributed by atoms with Gasteiger partial charge in [0.2, 0.25) is 0 Å². The second-order valence-electron chi connectivity index (χ2n) is 6.52. The van der Waals surface area contributed by atoms with Crippen LogP contribution >= 0.6 is 11.3 Å². The van der Waals surface area contributed by atoms with Gasteiger partial charge in [-0.3, -0.25) is 4.90 Å². The van der Waals surface area contributed by atoms with Crippen LogP contribution in [-0.4, -0.2) is 34.7 Å². The highest BCUT2D eigenvalue weighted by Gasteiger charge is 2.29. The third-order valence-electron chi connectivity index (χ3n) is 4.85. The van der Waals surface area contributed by atoms with Gasteiger partial charge < -0.3 is 9.30 Å². The Hall–Kier alpha value is -1.95. The summed E-state index contributed by atoms with van der Waals surface area (Å²) in [6, 6.07) is 11.0. The smallest absolute Gasteiger partial charge is 0.117 e. The van der Waals surface area contributed by atoms with E-state index < -0.39 is 0 Å². The van der Waals surface area contributed by atoms with Crippen LogP contribution < -0.4 is 0 Å². The molecule has 3 heterocycles. The summed E-state index contributed by atoms with van der Waals surface area (Å²) in [4.78, 5) is 7.24. The Morgan fingerprint density at radius 1 is 1.28 bits per heavy atom. The zero-order valence-corrected chi connectivity index (χ0v) is 15.3. The summed E-state index contributed by atoms with van der Waals surface area (Å²) in [6.45, 7) is 4.54. The predicted octanol–water partition coefficient (Wildman–Crippen LogP) is 3.74. The van der Waals surface area contributed by atoms with Crippen LogP contribution in [0.3, 0.4) is 0 Å². The van der Waals surface area contributed by atoms with Crippen LogP contribution in [0.4, 0.5) is 0 Å². The molecule has 0 amide bonds. The van der Waals surface area contributed by atoms with Crippen molar-refractivity contribution in [3.05, 3.63) is 76.0 Å². The molecular weight excluding hydrogens is 330 g/mol. The number of rotatable bonds is 6. The van der Waals surface area contributed by atoms with Crippen LogP contribution in [0.5, 0.6) is 0 Å². The van der Waals surface area contributed by atoms with E-state index in [9.17, 15) is 0 Å². The predicted molar refractivity (Wildman–Crippen MR) is 101 cm³/mol. The van der Waals surface area contributed by atoms with Gasteiger partial charge in [-0.1, -0.05) is 24.3 Å². The van der Waals surface area contributed by atoms with Gasteiger partial charge in [-0.2, -0.15) is 11.3 Å². The zero-order valence-electron chi connectivity index (χ0n) is 14.5. The molecule has 4 nitrogen and oxygen atoms in total. The maximum Gasteiger partial charge on any atom is 0.117 e. The number of benzene rings is 1. The van der Waals surface area contributed by atoms with E-state index in [1.807, 2.05) is 6.20 Å². The fourth-order valence-electron chi connectivity index (χ4n) is 3.67. The molecule has 1 aliphatic rings. The molecule has 2 aromatic heterocycles. The van der Waals surface area contributed by atoms with Crippen molar-refractivity contribution in [2.24, 2.45) is 0 Å². The fourth-order valence-corrected chi connectivity index (χ4v) is 4.33. The number of fused-ring (bicyclic) bond motifs is 1. The summed E-state index contributed by atoms with van der Waals surface area (Å²) < 4.78 is 7.50. The van der Waals surface area contributed by atoms with Gasteiger partial charge in [0.15, 0.2) is 0 Å². The molecule has 0 fully saturated rings. The molecule has 0 N–H and O–H groups in total. The van der Waals surface area contributed by atoms with Gasteiger partial charge in [0.05, 0.1) is 12.5 Å². The number of thiophene rings is 1. The van der Waals surface area contributed by atoms with Gasteiger partial charge in [0.1, 0.15) is 5.82 Å². The van der Waals surface area contributed by atoms with E-state index in [0.29, 0.717) is 12.5 Å². The molecule has 3 aromatic rings. The molecule has 25 heavy (non-hydrogen) atoms. The molecule has 0 spiro atoms. The molecule has 1 aromatic carbocycles. The van der Waals surface area contributed by atoms with Crippen molar-refractivity contribution in [2.75, 3.05) is 20.3 Å². The van der Waals surface area contributed by atoms with Crippen LogP contribution in [0.25, 0.3) is 0 Å². The van der Waals surface area contributed by atoms with Crippen molar-refractivity contribution >= 4 is 11.3 Å². The molecule has 130 valence electrons. The highest BCUT2D eigenvalue weighted by atomic mass is 32.1. The number of hydrogen-bond acceptors (Lipinski definition) is 4. The summed E-state index contributed by atoms with van der Waals surface area (Å²) in [5.41, 5.74) is 4.22. The minimum absolute atomic E-state index is 0.301. The quantitative estimate of drug-likeness (QED) is 0.676. The summed E-state index contributed by atoms with van der Waals surface area (Å²) >= 11 is 1.77.